The zero-order chi connectivity index (χ0) is 44.2. The van der Waals surface area contributed by atoms with E-state index < -0.39 is 51.6 Å². The molecule has 13 nitrogen and oxygen atoms in total. The average Bonchev–Trinajstić information content (AvgIpc) is 3.61. The number of benzene rings is 2. The Bertz CT molecular complexity index is 2090. The molecule has 1 saturated heterocycles. The van der Waals surface area contributed by atoms with Crippen LogP contribution in [0.1, 0.15) is 115 Å². The number of urea groups is 1. The molecule has 3 aromatic rings. The molecule has 1 aliphatic carbocycles. The van der Waals surface area contributed by atoms with Crippen LogP contribution in [0.15, 0.2) is 53.4 Å². The number of esters is 1. The Morgan fingerprint density at radius 1 is 1.02 bits per heavy atom. The topological polar surface area (TPSA) is 153 Å². The largest absolute Gasteiger partial charge is 0.497 e. The highest BCUT2D eigenvalue weighted by molar-refractivity contribution is 7.89. The first-order valence-electron chi connectivity index (χ1n) is 20.9. The zero-order valence-corrected chi connectivity index (χ0v) is 38.7. The SMILES string of the molecule is CCCCOC(=O)c1c(NC(=O)Nc2ccc(C[C@H]3[C@@H](CN(CC(C)C)S(=O)(=O)c4ccc(OC)cc4)OC(C)(C)N3C(=O)OC(C)(C)C)cc2)sc2c1CC(C)(C)CC2. The van der Waals surface area contributed by atoms with Crippen LogP contribution in [0.4, 0.5) is 20.3 Å². The molecule has 5 rings (SSSR count). The van der Waals surface area contributed by atoms with Crippen molar-refractivity contribution in [2.24, 2.45) is 11.3 Å². The summed E-state index contributed by atoms with van der Waals surface area (Å²) in [4.78, 5) is 43.5. The number of sulfonamides is 1. The Balaban J connectivity index is 1.38. The van der Waals surface area contributed by atoms with Gasteiger partial charge in [-0.2, -0.15) is 4.31 Å². The molecule has 0 unspecified atom stereocenters. The minimum atomic E-state index is -3.98. The van der Waals surface area contributed by atoms with Gasteiger partial charge in [-0.15, -0.1) is 11.3 Å². The standard InChI is InChI=1S/C45H64N4O9S2/c1-12-13-24-56-40(50)38-34-26-44(7,8)23-22-37(34)59-39(38)47-41(51)46-31-16-14-30(15-17-31)25-35-36(57-45(9,10)49(35)42(52)58-43(4,5)6)28-48(27-29(2)3)60(53,54)33-20-18-32(55-11)19-21-33/h14-21,29,35-36H,12-13,22-28H2,1-11H3,(H2,46,47,51)/t35-,36+/m0/s1. The van der Waals surface area contributed by atoms with Gasteiger partial charge in [0, 0.05) is 23.7 Å². The molecule has 2 aliphatic rings. The Morgan fingerprint density at radius 2 is 1.68 bits per heavy atom. The molecule has 15 heteroatoms. The fourth-order valence-corrected chi connectivity index (χ4v) is 10.5. The third-order valence-electron chi connectivity index (χ3n) is 10.6. The van der Waals surface area contributed by atoms with Crippen LogP contribution in [0, 0.1) is 11.3 Å². The summed E-state index contributed by atoms with van der Waals surface area (Å²) in [7, 11) is -2.45. The quantitative estimate of drug-likeness (QED) is 0.112. The van der Waals surface area contributed by atoms with Gasteiger partial charge in [-0.1, -0.05) is 53.2 Å². The summed E-state index contributed by atoms with van der Waals surface area (Å²) in [5.74, 6) is 0.120. The molecule has 0 radical (unpaired) electrons. The monoisotopic (exact) mass is 868 g/mol. The van der Waals surface area contributed by atoms with Crippen molar-refractivity contribution < 1.29 is 41.7 Å². The third-order valence-corrected chi connectivity index (χ3v) is 13.7. The first kappa shape index (κ1) is 46.9. The number of amides is 3. The molecule has 2 N–H and O–H groups in total. The van der Waals surface area contributed by atoms with Gasteiger partial charge in [0.25, 0.3) is 0 Å². The zero-order valence-electron chi connectivity index (χ0n) is 37.1. The van der Waals surface area contributed by atoms with E-state index in [4.69, 9.17) is 18.9 Å². The number of carbonyl (C=O) groups excluding carboxylic acids is 3. The van der Waals surface area contributed by atoms with Gasteiger partial charge in [0.2, 0.25) is 10.0 Å². The van der Waals surface area contributed by atoms with Crippen molar-refractivity contribution in [1.29, 1.82) is 0 Å². The summed E-state index contributed by atoms with van der Waals surface area (Å²) in [6.45, 7) is 19.8. The van der Waals surface area contributed by atoms with E-state index in [1.807, 2.05) is 32.9 Å². The van der Waals surface area contributed by atoms with E-state index >= 15 is 0 Å². The number of thiophene rings is 1. The van der Waals surface area contributed by atoms with Gasteiger partial charge < -0.3 is 24.3 Å². The number of anilines is 2. The highest BCUT2D eigenvalue weighted by atomic mass is 32.2. The lowest BCUT2D eigenvalue weighted by Gasteiger charge is -2.35. The number of hydrogen-bond donors (Lipinski definition) is 2. The number of unbranched alkanes of at least 4 members (excludes halogenated alkanes) is 1. The fraction of sp³-hybridized carbons (Fsp3) is 0.578. The van der Waals surface area contributed by atoms with Crippen LogP contribution in [0.25, 0.3) is 0 Å². The predicted octanol–water partition coefficient (Wildman–Crippen LogP) is 9.50. The van der Waals surface area contributed by atoms with E-state index in [1.54, 1.807) is 63.8 Å². The van der Waals surface area contributed by atoms with E-state index in [-0.39, 0.29) is 29.3 Å². The second-order valence-corrected chi connectivity index (χ2v) is 21.5. The number of carbonyl (C=O) groups is 3. The molecule has 2 atom stereocenters. The predicted molar refractivity (Wildman–Crippen MR) is 236 cm³/mol. The molecular weight excluding hydrogens is 805 g/mol. The van der Waals surface area contributed by atoms with Crippen LogP contribution in [-0.2, 0) is 43.5 Å². The highest BCUT2D eigenvalue weighted by Crippen LogP contribution is 2.44. The molecule has 0 spiro atoms. The molecule has 1 aliphatic heterocycles. The number of rotatable bonds is 15. The number of nitrogens with one attached hydrogen (secondary N) is 2. The van der Waals surface area contributed by atoms with Crippen LogP contribution >= 0.6 is 11.3 Å². The second kappa shape index (κ2) is 18.8. The number of ether oxygens (including phenoxy) is 4. The number of methoxy groups -OCH3 is 1. The van der Waals surface area contributed by atoms with Crippen LogP contribution in [-0.4, -0.2) is 86.0 Å². The minimum absolute atomic E-state index is 0.00589. The van der Waals surface area contributed by atoms with Crippen LogP contribution in [0.2, 0.25) is 0 Å². The molecule has 1 fully saturated rings. The maximum absolute atomic E-state index is 14.2. The van der Waals surface area contributed by atoms with Crippen molar-refractivity contribution in [3.63, 3.8) is 0 Å². The summed E-state index contributed by atoms with van der Waals surface area (Å²) in [5, 5.41) is 6.31. The van der Waals surface area contributed by atoms with Crippen molar-refractivity contribution in [3.05, 3.63) is 70.1 Å². The Hall–Kier alpha value is -4.18. The lowest BCUT2D eigenvalue weighted by Crippen LogP contribution is -2.52. The van der Waals surface area contributed by atoms with E-state index in [0.29, 0.717) is 35.0 Å². The van der Waals surface area contributed by atoms with Crippen LogP contribution in [0.5, 0.6) is 5.75 Å². The maximum Gasteiger partial charge on any atom is 0.412 e. The average molecular weight is 869 g/mol. The molecule has 2 heterocycles. The van der Waals surface area contributed by atoms with Crippen LogP contribution in [0.3, 0.4) is 0 Å². The Kier molecular flexibility index (Phi) is 14.7. The highest BCUT2D eigenvalue weighted by Gasteiger charge is 2.52. The second-order valence-electron chi connectivity index (χ2n) is 18.4. The molecule has 330 valence electrons. The molecule has 1 aromatic heterocycles. The van der Waals surface area contributed by atoms with Gasteiger partial charge in [0.05, 0.1) is 36.3 Å². The molecular formula is C45H64N4O9S2. The first-order chi connectivity index (χ1) is 28.0. The fourth-order valence-electron chi connectivity index (χ4n) is 7.73. The van der Waals surface area contributed by atoms with Gasteiger partial charge in [-0.3, -0.25) is 10.2 Å². The summed E-state index contributed by atoms with van der Waals surface area (Å²) >= 11 is 1.43. The summed E-state index contributed by atoms with van der Waals surface area (Å²) in [5.41, 5.74) is 0.844. The van der Waals surface area contributed by atoms with Gasteiger partial charge in [0.1, 0.15) is 22.1 Å². The van der Waals surface area contributed by atoms with Crippen molar-refractivity contribution >= 4 is 50.1 Å². The summed E-state index contributed by atoms with van der Waals surface area (Å²) < 4.78 is 53.1. The van der Waals surface area contributed by atoms with Crippen molar-refractivity contribution in [3.8, 4) is 5.75 Å². The van der Waals surface area contributed by atoms with E-state index in [9.17, 15) is 22.8 Å². The summed E-state index contributed by atoms with van der Waals surface area (Å²) in [6.07, 6.45) is 3.21. The van der Waals surface area contributed by atoms with Gasteiger partial charge >= 0.3 is 18.1 Å². The minimum Gasteiger partial charge on any atom is -0.497 e. The molecule has 0 saturated carbocycles. The first-order valence-corrected chi connectivity index (χ1v) is 23.1. The summed E-state index contributed by atoms with van der Waals surface area (Å²) in [6, 6.07) is 12.4. The van der Waals surface area contributed by atoms with Gasteiger partial charge in [-0.05, 0) is 126 Å². The number of aryl methyl sites for hydroxylation is 1. The lowest BCUT2D eigenvalue weighted by molar-refractivity contribution is -0.0807. The van der Waals surface area contributed by atoms with Gasteiger partial charge in [-0.25, -0.2) is 22.8 Å². The van der Waals surface area contributed by atoms with Gasteiger partial charge in [0.15, 0.2) is 0 Å². The lowest BCUT2D eigenvalue weighted by atomic mass is 9.76. The third kappa shape index (κ3) is 11.6. The molecule has 60 heavy (non-hydrogen) atoms. The van der Waals surface area contributed by atoms with Crippen molar-refractivity contribution in [1.82, 2.24) is 9.21 Å². The maximum atomic E-state index is 14.2. The normalized spacial score (nSPS) is 18.6. The Morgan fingerprint density at radius 3 is 2.28 bits per heavy atom. The molecule has 0 bridgehead atoms. The number of nitrogens with zero attached hydrogens (tertiary/aromatic N) is 2. The van der Waals surface area contributed by atoms with E-state index in [0.717, 1.165) is 48.1 Å². The molecule has 3 amide bonds. The van der Waals surface area contributed by atoms with Crippen LogP contribution < -0.4 is 15.4 Å². The van der Waals surface area contributed by atoms with E-state index in [1.165, 1.54) is 34.9 Å². The van der Waals surface area contributed by atoms with Crippen molar-refractivity contribution in [2.75, 3.05) is 37.4 Å². The van der Waals surface area contributed by atoms with Crippen molar-refractivity contribution in [2.45, 2.75) is 136 Å². The molecule has 2 aromatic carbocycles. The number of hydrogen-bond acceptors (Lipinski definition) is 10. The number of fused-ring (bicyclic) bond motifs is 1. The van der Waals surface area contributed by atoms with E-state index in [2.05, 4.69) is 24.5 Å². The Labute approximate surface area is 360 Å². The smallest absolute Gasteiger partial charge is 0.412 e.